The van der Waals surface area contributed by atoms with Gasteiger partial charge < -0.3 is 4.85 Å². The number of hydrogen-bond donors (Lipinski definition) is 0. The normalized spacial score (nSPS) is 12.6. The van der Waals surface area contributed by atoms with Crippen LogP contribution in [0.3, 0.4) is 0 Å². The van der Waals surface area contributed by atoms with Gasteiger partial charge in [0, 0.05) is 13.3 Å². The van der Waals surface area contributed by atoms with Crippen molar-refractivity contribution >= 4 is 6.08 Å². The Morgan fingerprint density at radius 1 is 1.50 bits per heavy atom. The molecule has 72 valence electrons. The minimum absolute atomic E-state index is 0.0795. The maximum Gasteiger partial charge on any atom is 0.225 e. The first kappa shape index (κ1) is 10.5. The van der Waals surface area contributed by atoms with Crippen LogP contribution < -0.4 is 0 Å². The monoisotopic (exact) mass is 185 g/mol. The van der Waals surface area contributed by atoms with Gasteiger partial charge >= 0.3 is 0 Å². The van der Waals surface area contributed by atoms with E-state index in [9.17, 15) is 0 Å². The van der Waals surface area contributed by atoms with Crippen molar-refractivity contribution < 1.29 is 0 Å². The van der Waals surface area contributed by atoms with E-state index in [-0.39, 0.29) is 6.04 Å². The van der Waals surface area contributed by atoms with Gasteiger partial charge in [-0.3, -0.25) is 0 Å². The molecule has 1 atom stereocenters. The van der Waals surface area contributed by atoms with E-state index in [1.165, 1.54) is 11.1 Å². The predicted octanol–water partition coefficient (Wildman–Crippen LogP) is 3.57. The molecule has 0 heterocycles. The molecule has 0 aliphatic rings. The molecule has 1 aromatic rings. The molecule has 1 rings (SSSR count). The first-order chi connectivity index (χ1) is 6.76. The Morgan fingerprint density at radius 2 is 2.29 bits per heavy atom. The van der Waals surface area contributed by atoms with Crippen molar-refractivity contribution in [2.45, 2.75) is 26.3 Å². The van der Waals surface area contributed by atoms with E-state index in [2.05, 4.69) is 29.1 Å². The smallest absolute Gasteiger partial charge is 0.225 e. The lowest BCUT2D eigenvalue weighted by atomic mass is 10.0. The van der Waals surface area contributed by atoms with Crippen LogP contribution >= 0.6 is 0 Å². The highest BCUT2D eigenvalue weighted by Gasteiger charge is 2.05. The molecule has 0 spiro atoms. The fourth-order valence-electron chi connectivity index (χ4n) is 1.40. The zero-order valence-electron chi connectivity index (χ0n) is 8.70. The van der Waals surface area contributed by atoms with E-state index < -0.39 is 0 Å². The summed E-state index contributed by atoms with van der Waals surface area (Å²) in [6, 6.07) is 8.42. The summed E-state index contributed by atoms with van der Waals surface area (Å²) in [5.41, 5.74) is 2.45. The molecule has 0 radical (unpaired) electrons. The summed E-state index contributed by atoms with van der Waals surface area (Å²) in [4.78, 5) is 3.49. The summed E-state index contributed by atoms with van der Waals surface area (Å²) in [6.45, 7) is 10.9. The molecule has 0 aliphatic heterocycles. The Bertz CT molecular complexity index is 358. The molecule has 0 fully saturated rings. The van der Waals surface area contributed by atoms with E-state index in [4.69, 9.17) is 6.57 Å². The molecule has 0 amide bonds. The van der Waals surface area contributed by atoms with Gasteiger partial charge in [0.2, 0.25) is 6.04 Å². The maximum atomic E-state index is 6.90. The fourth-order valence-corrected chi connectivity index (χ4v) is 1.40. The molecule has 0 saturated heterocycles. The standard InChI is InChI=1S/C13H15N/c1-4-6-12-7-5-8-13(10-12)9-11(2)14-3/h4-8,10-11H,9H2,1-2H3. The zero-order valence-corrected chi connectivity index (χ0v) is 8.70. The van der Waals surface area contributed by atoms with E-state index in [1.54, 1.807) is 0 Å². The summed E-state index contributed by atoms with van der Waals surface area (Å²) in [5, 5.41) is 0. The molecule has 1 heteroatoms. The van der Waals surface area contributed by atoms with Gasteiger partial charge in [-0.05, 0) is 18.1 Å². The van der Waals surface area contributed by atoms with Crippen molar-refractivity contribution in [2.75, 3.05) is 0 Å². The van der Waals surface area contributed by atoms with Gasteiger partial charge in [-0.1, -0.05) is 36.4 Å². The summed E-state index contributed by atoms with van der Waals surface area (Å²) in [7, 11) is 0. The van der Waals surface area contributed by atoms with Crippen molar-refractivity contribution in [3.05, 3.63) is 52.9 Å². The van der Waals surface area contributed by atoms with Crippen LogP contribution in [0.25, 0.3) is 10.9 Å². The highest BCUT2D eigenvalue weighted by molar-refractivity contribution is 5.49. The van der Waals surface area contributed by atoms with Crippen LogP contribution in [-0.4, -0.2) is 6.04 Å². The topological polar surface area (TPSA) is 4.36 Å². The number of benzene rings is 1. The van der Waals surface area contributed by atoms with Crippen LogP contribution in [0.15, 0.2) is 30.3 Å². The molecule has 1 nitrogen and oxygen atoms in total. The van der Waals surface area contributed by atoms with Gasteiger partial charge in [0.15, 0.2) is 0 Å². The summed E-state index contributed by atoms with van der Waals surface area (Å²) in [5.74, 6) is 0. The third-order valence-corrected chi connectivity index (χ3v) is 2.06. The lowest BCUT2D eigenvalue weighted by molar-refractivity contribution is 0.844. The summed E-state index contributed by atoms with van der Waals surface area (Å²) >= 11 is 0. The van der Waals surface area contributed by atoms with E-state index in [1.807, 2.05) is 26.0 Å². The Morgan fingerprint density at radius 3 is 2.93 bits per heavy atom. The fraction of sp³-hybridized carbons (Fsp3) is 0.308. The molecule has 0 bridgehead atoms. The van der Waals surface area contributed by atoms with Crippen LogP contribution in [0.5, 0.6) is 0 Å². The second kappa shape index (κ2) is 5.24. The third-order valence-electron chi connectivity index (χ3n) is 2.06. The average Bonchev–Trinajstić information content (AvgIpc) is 2.19. The molecular formula is C13H15N. The predicted molar refractivity (Wildman–Crippen MR) is 60.9 cm³/mol. The maximum absolute atomic E-state index is 6.90. The largest absolute Gasteiger partial charge is 0.314 e. The molecule has 1 unspecified atom stereocenters. The number of hydrogen-bond acceptors (Lipinski definition) is 0. The molecule has 1 aromatic carbocycles. The van der Waals surface area contributed by atoms with Crippen LogP contribution in [0.2, 0.25) is 0 Å². The molecule has 14 heavy (non-hydrogen) atoms. The van der Waals surface area contributed by atoms with Gasteiger partial charge in [0.1, 0.15) is 0 Å². The van der Waals surface area contributed by atoms with Gasteiger partial charge in [0.05, 0.1) is 0 Å². The first-order valence-corrected chi connectivity index (χ1v) is 4.84. The highest BCUT2D eigenvalue weighted by Crippen LogP contribution is 2.10. The Labute approximate surface area is 85.9 Å². The molecule has 0 saturated carbocycles. The van der Waals surface area contributed by atoms with E-state index in [0.29, 0.717) is 0 Å². The van der Waals surface area contributed by atoms with E-state index >= 15 is 0 Å². The van der Waals surface area contributed by atoms with Crippen LogP contribution in [0.1, 0.15) is 25.0 Å². The van der Waals surface area contributed by atoms with Crippen LogP contribution in [-0.2, 0) is 6.42 Å². The first-order valence-electron chi connectivity index (χ1n) is 4.84. The Hall–Kier alpha value is -1.55. The van der Waals surface area contributed by atoms with Crippen LogP contribution in [0, 0.1) is 6.57 Å². The third kappa shape index (κ3) is 3.06. The molecule has 0 aliphatic carbocycles. The van der Waals surface area contributed by atoms with Crippen molar-refractivity contribution in [3.63, 3.8) is 0 Å². The molecule has 0 N–H and O–H groups in total. The Balaban J connectivity index is 2.79. The second-order valence-electron chi connectivity index (χ2n) is 3.43. The van der Waals surface area contributed by atoms with Crippen molar-refractivity contribution in [3.8, 4) is 0 Å². The lowest BCUT2D eigenvalue weighted by Crippen LogP contribution is -1.99. The number of allylic oxidation sites excluding steroid dienone is 1. The minimum Gasteiger partial charge on any atom is -0.314 e. The second-order valence-corrected chi connectivity index (χ2v) is 3.43. The summed E-state index contributed by atoms with van der Waals surface area (Å²) in [6.07, 6.45) is 4.94. The van der Waals surface area contributed by atoms with Crippen molar-refractivity contribution in [1.82, 2.24) is 0 Å². The Kier molecular flexibility index (Phi) is 3.94. The average molecular weight is 185 g/mol. The van der Waals surface area contributed by atoms with Crippen molar-refractivity contribution in [2.24, 2.45) is 0 Å². The van der Waals surface area contributed by atoms with Gasteiger partial charge in [-0.2, -0.15) is 0 Å². The van der Waals surface area contributed by atoms with Gasteiger partial charge in [-0.15, -0.1) is 0 Å². The van der Waals surface area contributed by atoms with Gasteiger partial charge in [-0.25, -0.2) is 6.57 Å². The SMILES string of the molecule is [C-]#[N+]C(C)Cc1cccc(C=CC)c1. The number of rotatable bonds is 3. The van der Waals surface area contributed by atoms with Crippen LogP contribution in [0.4, 0.5) is 0 Å². The van der Waals surface area contributed by atoms with Gasteiger partial charge in [0.25, 0.3) is 0 Å². The van der Waals surface area contributed by atoms with Crippen molar-refractivity contribution in [1.29, 1.82) is 0 Å². The summed E-state index contributed by atoms with van der Waals surface area (Å²) < 4.78 is 0. The lowest BCUT2D eigenvalue weighted by Gasteiger charge is -2.01. The zero-order chi connectivity index (χ0) is 10.4. The molecule has 0 aromatic heterocycles. The quantitative estimate of drug-likeness (QED) is 0.634. The number of nitrogens with zero attached hydrogens (tertiary/aromatic N) is 1. The molecular weight excluding hydrogens is 170 g/mol. The van der Waals surface area contributed by atoms with E-state index in [0.717, 1.165) is 6.42 Å². The highest BCUT2D eigenvalue weighted by atomic mass is 14.7. The minimum atomic E-state index is 0.0795.